The first kappa shape index (κ1) is 11.5. The van der Waals surface area contributed by atoms with E-state index in [1.807, 2.05) is 24.4 Å². The summed E-state index contributed by atoms with van der Waals surface area (Å²) in [7, 11) is 0. The van der Waals surface area contributed by atoms with Crippen molar-refractivity contribution in [2.24, 2.45) is 0 Å². The highest BCUT2D eigenvalue weighted by molar-refractivity contribution is 5.81. The standard InChI is InChI=1S/C15H14N4/c16-13-7-14(10-17-9-13)19-8-12-4-1-3-11-5-2-6-18-15(11)12/h1-7,9-10,19H,8,16H2. The lowest BCUT2D eigenvalue weighted by atomic mass is 10.1. The van der Waals surface area contributed by atoms with Crippen LogP contribution in [0.1, 0.15) is 5.56 Å². The molecule has 0 saturated carbocycles. The van der Waals surface area contributed by atoms with Crippen molar-refractivity contribution in [2.45, 2.75) is 6.54 Å². The van der Waals surface area contributed by atoms with Crippen LogP contribution in [0.15, 0.2) is 55.0 Å². The van der Waals surface area contributed by atoms with Gasteiger partial charge in [0.25, 0.3) is 0 Å². The largest absolute Gasteiger partial charge is 0.397 e. The normalized spacial score (nSPS) is 10.5. The van der Waals surface area contributed by atoms with E-state index in [1.54, 1.807) is 12.4 Å². The maximum atomic E-state index is 5.70. The van der Waals surface area contributed by atoms with Crippen molar-refractivity contribution in [3.8, 4) is 0 Å². The van der Waals surface area contributed by atoms with Crippen molar-refractivity contribution >= 4 is 22.3 Å². The smallest absolute Gasteiger partial charge is 0.0751 e. The van der Waals surface area contributed by atoms with Crippen molar-refractivity contribution in [1.82, 2.24) is 9.97 Å². The van der Waals surface area contributed by atoms with Gasteiger partial charge in [-0.15, -0.1) is 0 Å². The van der Waals surface area contributed by atoms with Crippen molar-refractivity contribution in [2.75, 3.05) is 11.1 Å². The fourth-order valence-electron chi connectivity index (χ4n) is 2.06. The van der Waals surface area contributed by atoms with Gasteiger partial charge in [-0.25, -0.2) is 0 Å². The predicted octanol–water partition coefficient (Wildman–Crippen LogP) is 2.82. The maximum absolute atomic E-state index is 5.70. The minimum Gasteiger partial charge on any atom is -0.397 e. The molecule has 19 heavy (non-hydrogen) atoms. The molecule has 0 atom stereocenters. The van der Waals surface area contributed by atoms with Gasteiger partial charge in [0.05, 0.1) is 23.1 Å². The number of aromatic nitrogens is 2. The third kappa shape index (κ3) is 2.47. The number of rotatable bonds is 3. The van der Waals surface area contributed by atoms with Crippen LogP contribution in [0.2, 0.25) is 0 Å². The average Bonchev–Trinajstić information content (AvgIpc) is 2.45. The summed E-state index contributed by atoms with van der Waals surface area (Å²) in [6.45, 7) is 0.694. The molecule has 4 heteroatoms. The Balaban J connectivity index is 1.86. The molecule has 0 radical (unpaired) electrons. The number of benzene rings is 1. The van der Waals surface area contributed by atoms with E-state index in [9.17, 15) is 0 Å². The number of pyridine rings is 2. The molecule has 94 valence electrons. The van der Waals surface area contributed by atoms with Gasteiger partial charge in [-0.05, 0) is 17.7 Å². The van der Waals surface area contributed by atoms with E-state index < -0.39 is 0 Å². The Kier molecular flexibility index (Phi) is 2.98. The SMILES string of the molecule is Nc1cncc(NCc2cccc3cccnc23)c1. The molecule has 0 unspecified atom stereocenters. The molecule has 0 spiro atoms. The second-order valence-corrected chi connectivity index (χ2v) is 4.35. The molecular weight excluding hydrogens is 236 g/mol. The molecule has 0 aliphatic rings. The molecule has 2 heterocycles. The van der Waals surface area contributed by atoms with Gasteiger partial charge in [0, 0.05) is 24.3 Å². The lowest BCUT2D eigenvalue weighted by Gasteiger charge is -2.08. The van der Waals surface area contributed by atoms with Crippen molar-refractivity contribution in [3.05, 3.63) is 60.6 Å². The molecular formula is C15H14N4. The number of anilines is 2. The van der Waals surface area contributed by atoms with Crippen LogP contribution < -0.4 is 11.1 Å². The van der Waals surface area contributed by atoms with E-state index in [0.717, 1.165) is 22.2 Å². The van der Waals surface area contributed by atoms with Gasteiger partial charge in [0.2, 0.25) is 0 Å². The van der Waals surface area contributed by atoms with Crippen LogP contribution in [0.25, 0.3) is 10.9 Å². The molecule has 3 N–H and O–H groups in total. The first-order chi connectivity index (χ1) is 9.33. The monoisotopic (exact) mass is 250 g/mol. The Bertz CT molecular complexity index is 704. The number of para-hydroxylation sites is 1. The number of nitrogens with two attached hydrogens (primary N) is 1. The van der Waals surface area contributed by atoms with E-state index in [-0.39, 0.29) is 0 Å². The minimum absolute atomic E-state index is 0.654. The zero-order valence-corrected chi connectivity index (χ0v) is 10.4. The predicted molar refractivity (Wildman–Crippen MR) is 77.7 cm³/mol. The van der Waals surface area contributed by atoms with Crippen LogP contribution in [0.3, 0.4) is 0 Å². The average molecular weight is 250 g/mol. The van der Waals surface area contributed by atoms with Crippen LogP contribution in [-0.2, 0) is 6.54 Å². The number of hydrogen-bond acceptors (Lipinski definition) is 4. The van der Waals surface area contributed by atoms with Gasteiger partial charge in [0.1, 0.15) is 0 Å². The molecule has 0 aliphatic carbocycles. The van der Waals surface area contributed by atoms with Crippen LogP contribution >= 0.6 is 0 Å². The van der Waals surface area contributed by atoms with E-state index in [0.29, 0.717) is 12.2 Å². The summed E-state index contributed by atoms with van der Waals surface area (Å²) in [4.78, 5) is 8.49. The van der Waals surface area contributed by atoms with Crippen molar-refractivity contribution < 1.29 is 0 Å². The molecule has 0 amide bonds. The number of nitrogen functional groups attached to an aromatic ring is 1. The third-order valence-electron chi connectivity index (χ3n) is 2.96. The Morgan fingerprint density at radius 1 is 1.11 bits per heavy atom. The van der Waals surface area contributed by atoms with Crippen LogP contribution in [0, 0.1) is 0 Å². The van der Waals surface area contributed by atoms with Crippen molar-refractivity contribution in [3.63, 3.8) is 0 Å². The Morgan fingerprint density at radius 2 is 2.00 bits per heavy atom. The number of hydrogen-bond donors (Lipinski definition) is 2. The summed E-state index contributed by atoms with van der Waals surface area (Å²) in [5.41, 5.74) is 9.44. The first-order valence-electron chi connectivity index (χ1n) is 6.10. The van der Waals surface area contributed by atoms with Gasteiger partial charge in [-0.3, -0.25) is 9.97 Å². The van der Waals surface area contributed by atoms with Crippen LogP contribution in [0.5, 0.6) is 0 Å². The molecule has 3 aromatic rings. The molecule has 0 bridgehead atoms. The highest BCUT2D eigenvalue weighted by Gasteiger charge is 2.01. The first-order valence-corrected chi connectivity index (χ1v) is 6.10. The summed E-state index contributed by atoms with van der Waals surface area (Å²) in [5.74, 6) is 0. The van der Waals surface area contributed by atoms with E-state index >= 15 is 0 Å². The molecule has 0 aliphatic heterocycles. The van der Waals surface area contributed by atoms with Crippen molar-refractivity contribution in [1.29, 1.82) is 0 Å². The Labute approximate surface area is 111 Å². The van der Waals surface area contributed by atoms with Gasteiger partial charge in [-0.1, -0.05) is 24.3 Å². The van der Waals surface area contributed by atoms with Crippen LogP contribution in [0.4, 0.5) is 11.4 Å². The van der Waals surface area contributed by atoms with Gasteiger partial charge >= 0.3 is 0 Å². The highest BCUT2D eigenvalue weighted by atomic mass is 14.9. The van der Waals surface area contributed by atoms with Gasteiger partial charge in [-0.2, -0.15) is 0 Å². The second kappa shape index (κ2) is 4.94. The van der Waals surface area contributed by atoms with Gasteiger partial charge < -0.3 is 11.1 Å². The maximum Gasteiger partial charge on any atom is 0.0751 e. The van der Waals surface area contributed by atoms with E-state index in [2.05, 4.69) is 33.5 Å². The lowest BCUT2D eigenvalue weighted by molar-refractivity contribution is 1.14. The molecule has 0 saturated heterocycles. The zero-order valence-electron chi connectivity index (χ0n) is 10.4. The fraction of sp³-hybridized carbons (Fsp3) is 0.0667. The Morgan fingerprint density at radius 3 is 2.89 bits per heavy atom. The van der Waals surface area contributed by atoms with Gasteiger partial charge in [0.15, 0.2) is 0 Å². The molecule has 3 rings (SSSR count). The summed E-state index contributed by atoms with van der Waals surface area (Å²) >= 11 is 0. The van der Waals surface area contributed by atoms with E-state index in [1.165, 1.54) is 0 Å². The summed E-state index contributed by atoms with van der Waals surface area (Å²) in [5, 5.41) is 4.46. The molecule has 0 fully saturated rings. The highest BCUT2D eigenvalue weighted by Crippen LogP contribution is 2.18. The van der Waals surface area contributed by atoms with Crippen LogP contribution in [-0.4, -0.2) is 9.97 Å². The fourth-order valence-corrected chi connectivity index (χ4v) is 2.06. The molecule has 4 nitrogen and oxygen atoms in total. The summed E-state index contributed by atoms with van der Waals surface area (Å²) in [6.07, 6.45) is 5.20. The Hall–Kier alpha value is -2.62. The number of fused-ring (bicyclic) bond motifs is 1. The second-order valence-electron chi connectivity index (χ2n) is 4.35. The topological polar surface area (TPSA) is 63.8 Å². The quantitative estimate of drug-likeness (QED) is 0.750. The lowest BCUT2D eigenvalue weighted by Crippen LogP contribution is -2.01. The third-order valence-corrected chi connectivity index (χ3v) is 2.96. The molecule has 1 aromatic carbocycles. The number of nitrogens with one attached hydrogen (secondary N) is 1. The zero-order chi connectivity index (χ0) is 13.1. The number of nitrogens with zero attached hydrogens (tertiary/aromatic N) is 2. The summed E-state index contributed by atoms with van der Waals surface area (Å²) in [6, 6.07) is 12.1. The molecule has 2 aromatic heterocycles. The minimum atomic E-state index is 0.654. The summed E-state index contributed by atoms with van der Waals surface area (Å²) < 4.78 is 0. The van der Waals surface area contributed by atoms with E-state index in [4.69, 9.17) is 5.73 Å².